The molecule has 1 aliphatic heterocycles. The van der Waals surface area contributed by atoms with Crippen LogP contribution in [0.1, 0.15) is 24.5 Å². The van der Waals surface area contributed by atoms with Crippen molar-refractivity contribution in [3.63, 3.8) is 0 Å². The van der Waals surface area contributed by atoms with Gasteiger partial charge in [0.25, 0.3) is 0 Å². The van der Waals surface area contributed by atoms with Crippen molar-refractivity contribution in [1.82, 2.24) is 15.1 Å². The van der Waals surface area contributed by atoms with E-state index in [0.717, 1.165) is 41.7 Å². The second-order valence-electron chi connectivity index (χ2n) is 5.20. The SMILES string of the molecule is Cn1nc(-c2ccc(F)cc2)c(Br)c1C1CCNCC1. The molecule has 1 aromatic carbocycles. The van der Waals surface area contributed by atoms with E-state index < -0.39 is 0 Å². The molecule has 106 valence electrons. The average molecular weight is 338 g/mol. The lowest BCUT2D eigenvalue weighted by Crippen LogP contribution is -2.27. The first-order valence-corrected chi connectivity index (χ1v) is 7.65. The van der Waals surface area contributed by atoms with Gasteiger partial charge in [0.1, 0.15) is 11.5 Å². The Morgan fingerprint density at radius 1 is 1.25 bits per heavy atom. The van der Waals surface area contributed by atoms with Crippen molar-refractivity contribution in [3.05, 3.63) is 40.2 Å². The van der Waals surface area contributed by atoms with Gasteiger partial charge in [0.2, 0.25) is 0 Å². The van der Waals surface area contributed by atoms with E-state index in [0.29, 0.717) is 5.92 Å². The highest BCUT2D eigenvalue weighted by atomic mass is 79.9. The topological polar surface area (TPSA) is 29.9 Å². The summed E-state index contributed by atoms with van der Waals surface area (Å²) >= 11 is 3.70. The highest BCUT2D eigenvalue weighted by molar-refractivity contribution is 9.10. The van der Waals surface area contributed by atoms with E-state index in [2.05, 4.69) is 26.3 Å². The van der Waals surface area contributed by atoms with E-state index in [1.54, 1.807) is 12.1 Å². The third-order valence-electron chi connectivity index (χ3n) is 3.87. The molecule has 20 heavy (non-hydrogen) atoms. The van der Waals surface area contributed by atoms with Gasteiger partial charge in [-0.05, 0) is 66.1 Å². The lowest BCUT2D eigenvalue weighted by atomic mass is 9.94. The summed E-state index contributed by atoms with van der Waals surface area (Å²) in [5.74, 6) is 0.303. The Balaban J connectivity index is 1.99. The molecule has 1 aliphatic rings. The molecule has 2 heterocycles. The van der Waals surface area contributed by atoms with Crippen molar-refractivity contribution >= 4 is 15.9 Å². The van der Waals surface area contributed by atoms with E-state index in [4.69, 9.17) is 0 Å². The quantitative estimate of drug-likeness (QED) is 0.909. The number of hydrogen-bond acceptors (Lipinski definition) is 2. The van der Waals surface area contributed by atoms with E-state index in [-0.39, 0.29) is 5.82 Å². The van der Waals surface area contributed by atoms with Gasteiger partial charge >= 0.3 is 0 Å². The van der Waals surface area contributed by atoms with Crippen molar-refractivity contribution in [1.29, 1.82) is 0 Å². The molecule has 0 unspecified atom stereocenters. The van der Waals surface area contributed by atoms with Crippen molar-refractivity contribution in [2.24, 2.45) is 7.05 Å². The summed E-state index contributed by atoms with van der Waals surface area (Å²) in [6, 6.07) is 6.49. The summed E-state index contributed by atoms with van der Waals surface area (Å²) in [6.45, 7) is 2.10. The van der Waals surface area contributed by atoms with Crippen LogP contribution in [0.2, 0.25) is 0 Å². The predicted molar refractivity (Wildman–Crippen MR) is 81.1 cm³/mol. The maximum atomic E-state index is 13.0. The van der Waals surface area contributed by atoms with Gasteiger partial charge in [0.15, 0.2) is 0 Å². The highest BCUT2D eigenvalue weighted by Crippen LogP contribution is 2.37. The van der Waals surface area contributed by atoms with Crippen LogP contribution in [0.3, 0.4) is 0 Å². The summed E-state index contributed by atoms with van der Waals surface area (Å²) in [4.78, 5) is 0. The molecule has 0 bridgehead atoms. The third-order valence-corrected chi connectivity index (χ3v) is 4.66. The average Bonchev–Trinajstić information content (AvgIpc) is 2.76. The van der Waals surface area contributed by atoms with Crippen molar-refractivity contribution in [3.8, 4) is 11.3 Å². The molecule has 0 atom stereocenters. The Bertz CT molecular complexity index is 600. The smallest absolute Gasteiger partial charge is 0.123 e. The molecule has 0 spiro atoms. The zero-order chi connectivity index (χ0) is 14.1. The Morgan fingerprint density at radius 2 is 1.90 bits per heavy atom. The molecule has 3 nitrogen and oxygen atoms in total. The molecule has 0 amide bonds. The Hall–Kier alpha value is -1.20. The highest BCUT2D eigenvalue weighted by Gasteiger charge is 2.24. The fraction of sp³-hybridized carbons (Fsp3) is 0.400. The van der Waals surface area contributed by atoms with Gasteiger partial charge in [-0.25, -0.2) is 4.39 Å². The van der Waals surface area contributed by atoms with Crippen LogP contribution in [0.5, 0.6) is 0 Å². The number of aryl methyl sites for hydroxylation is 1. The van der Waals surface area contributed by atoms with Gasteiger partial charge in [0, 0.05) is 18.5 Å². The van der Waals surface area contributed by atoms with Crippen LogP contribution in [-0.2, 0) is 7.05 Å². The van der Waals surface area contributed by atoms with Crippen LogP contribution in [0.4, 0.5) is 4.39 Å². The summed E-state index contributed by atoms with van der Waals surface area (Å²) in [7, 11) is 1.98. The summed E-state index contributed by atoms with van der Waals surface area (Å²) in [5, 5.41) is 7.99. The number of benzene rings is 1. The predicted octanol–water partition coefficient (Wildman–Crippen LogP) is 3.46. The number of hydrogen-bond donors (Lipinski definition) is 1. The monoisotopic (exact) mass is 337 g/mol. The fourth-order valence-corrected chi connectivity index (χ4v) is 3.73. The van der Waals surface area contributed by atoms with Crippen LogP contribution >= 0.6 is 15.9 Å². The minimum Gasteiger partial charge on any atom is -0.317 e. The van der Waals surface area contributed by atoms with Gasteiger partial charge in [-0.3, -0.25) is 4.68 Å². The van der Waals surface area contributed by atoms with E-state index in [9.17, 15) is 4.39 Å². The molecule has 1 saturated heterocycles. The van der Waals surface area contributed by atoms with Gasteiger partial charge in [-0.15, -0.1) is 0 Å². The van der Waals surface area contributed by atoms with Gasteiger partial charge in [0.05, 0.1) is 10.2 Å². The largest absolute Gasteiger partial charge is 0.317 e. The minimum atomic E-state index is -0.223. The number of piperidine rings is 1. The number of halogens is 2. The van der Waals surface area contributed by atoms with E-state index in [1.165, 1.54) is 17.8 Å². The molecular formula is C15H17BrFN3. The van der Waals surface area contributed by atoms with Crippen molar-refractivity contribution < 1.29 is 4.39 Å². The van der Waals surface area contributed by atoms with Crippen LogP contribution in [0.25, 0.3) is 11.3 Å². The van der Waals surface area contributed by atoms with Crippen LogP contribution in [0.15, 0.2) is 28.7 Å². The van der Waals surface area contributed by atoms with Crippen LogP contribution in [0, 0.1) is 5.82 Å². The molecule has 1 N–H and O–H groups in total. The second-order valence-corrected chi connectivity index (χ2v) is 6.00. The third kappa shape index (κ3) is 2.52. The van der Waals surface area contributed by atoms with Crippen LogP contribution < -0.4 is 5.32 Å². The number of nitrogens with zero attached hydrogens (tertiary/aromatic N) is 2. The number of aromatic nitrogens is 2. The lowest BCUT2D eigenvalue weighted by Gasteiger charge is -2.23. The molecule has 5 heteroatoms. The Morgan fingerprint density at radius 3 is 2.55 bits per heavy atom. The summed E-state index contributed by atoms with van der Waals surface area (Å²) < 4.78 is 16.0. The molecule has 1 aromatic heterocycles. The van der Waals surface area contributed by atoms with Crippen molar-refractivity contribution in [2.75, 3.05) is 13.1 Å². The lowest BCUT2D eigenvalue weighted by molar-refractivity contribution is 0.439. The Labute approximate surface area is 126 Å². The normalized spacial score (nSPS) is 16.6. The van der Waals surface area contributed by atoms with E-state index in [1.807, 2.05) is 11.7 Å². The summed E-state index contributed by atoms with van der Waals surface area (Å²) in [6.07, 6.45) is 2.25. The van der Waals surface area contributed by atoms with Crippen LogP contribution in [-0.4, -0.2) is 22.9 Å². The van der Waals surface area contributed by atoms with Gasteiger partial charge < -0.3 is 5.32 Å². The molecule has 0 saturated carbocycles. The Kier molecular flexibility index (Phi) is 3.89. The molecule has 0 radical (unpaired) electrons. The first-order valence-electron chi connectivity index (χ1n) is 6.86. The maximum Gasteiger partial charge on any atom is 0.123 e. The zero-order valence-corrected chi connectivity index (χ0v) is 13.0. The number of rotatable bonds is 2. The summed E-state index contributed by atoms with van der Waals surface area (Å²) in [5.41, 5.74) is 3.07. The van der Waals surface area contributed by atoms with Gasteiger partial charge in [-0.2, -0.15) is 5.10 Å². The molecule has 3 rings (SSSR count). The molecule has 2 aromatic rings. The fourth-order valence-electron chi connectivity index (χ4n) is 2.84. The maximum absolute atomic E-state index is 13.0. The second kappa shape index (κ2) is 5.66. The van der Waals surface area contributed by atoms with Crippen molar-refractivity contribution in [2.45, 2.75) is 18.8 Å². The van der Waals surface area contributed by atoms with Gasteiger partial charge in [-0.1, -0.05) is 0 Å². The molecular weight excluding hydrogens is 321 g/mol. The zero-order valence-electron chi connectivity index (χ0n) is 11.4. The molecule has 1 fully saturated rings. The van der Waals surface area contributed by atoms with E-state index >= 15 is 0 Å². The minimum absolute atomic E-state index is 0.223. The first-order chi connectivity index (χ1) is 9.66. The number of nitrogens with one attached hydrogen (secondary N) is 1. The standard InChI is InChI=1S/C15H17BrFN3/c1-20-15(11-6-8-18-9-7-11)13(16)14(19-20)10-2-4-12(17)5-3-10/h2-5,11,18H,6-9H2,1H3. The molecule has 0 aliphatic carbocycles. The first kappa shape index (κ1) is 13.8.